The Morgan fingerprint density at radius 2 is 1.96 bits per heavy atom. The molecular formula is C20H21F2N3O. The molecule has 0 fully saturated rings. The number of carbonyl (C=O) groups excluding carboxylic acids is 1. The second-order valence-electron chi connectivity index (χ2n) is 6.50. The van der Waals surface area contributed by atoms with Crippen molar-refractivity contribution in [2.24, 2.45) is 0 Å². The Morgan fingerprint density at radius 3 is 2.69 bits per heavy atom. The number of nitrogens with zero attached hydrogens (tertiary/aromatic N) is 1. The average Bonchev–Trinajstić information content (AvgIpc) is 3.01. The number of fused-ring (bicyclic) bond motifs is 1. The maximum atomic E-state index is 14.5. The third-order valence-corrected chi connectivity index (χ3v) is 4.24. The van der Waals surface area contributed by atoms with Crippen molar-refractivity contribution < 1.29 is 13.6 Å². The minimum atomic E-state index is -0.580. The smallest absolute Gasteiger partial charge is 0.254 e. The summed E-state index contributed by atoms with van der Waals surface area (Å²) in [5.41, 5.74) is 2.05. The molecule has 0 atom stereocenters. The number of hydrogen-bond donors (Lipinski definition) is 2. The molecule has 1 aromatic heterocycles. The fourth-order valence-electron chi connectivity index (χ4n) is 2.90. The summed E-state index contributed by atoms with van der Waals surface area (Å²) in [6.45, 7) is 1.34. The average molecular weight is 357 g/mol. The van der Waals surface area contributed by atoms with Crippen LogP contribution in [-0.2, 0) is 0 Å². The summed E-state index contributed by atoms with van der Waals surface area (Å²) in [4.78, 5) is 17.1. The maximum Gasteiger partial charge on any atom is 0.254 e. The van der Waals surface area contributed by atoms with Crippen LogP contribution in [-0.4, -0.2) is 43.0 Å². The number of H-pyrrole nitrogens is 1. The number of carbonyl (C=O) groups is 1. The van der Waals surface area contributed by atoms with Gasteiger partial charge < -0.3 is 15.2 Å². The predicted octanol–water partition coefficient (Wildman–Crippen LogP) is 3.79. The van der Waals surface area contributed by atoms with Crippen LogP contribution in [0.3, 0.4) is 0 Å². The van der Waals surface area contributed by atoms with Crippen molar-refractivity contribution in [1.29, 1.82) is 0 Å². The van der Waals surface area contributed by atoms with Crippen molar-refractivity contribution >= 4 is 16.8 Å². The number of amides is 1. The van der Waals surface area contributed by atoms with Crippen molar-refractivity contribution in [3.8, 4) is 11.1 Å². The lowest BCUT2D eigenvalue weighted by atomic mass is 10.0. The molecule has 0 aliphatic heterocycles. The fraction of sp³-hybridized carbons (Fsp3) is 0.250. The zero-order valence-corrected chi connectivity index (χ0v) is 14.8. The molecule has 0 aliphatic rings. The van der Waals surface area contributed by atoms with E-state index in [1.165, 1.54) is 24.3 Å². The van der Waals surface area contributed by atoms with E-state index in [4.69, 9.17) is 0 Å². The first kappa shape index (κ1) is 18.1. The normalized spacial score (nSPS) is 11.3. The molecule has 136 valence electrons. The van der Waals surface area contributed by atoms with E-state index in [-0.39, 0.29) is 11.4 Å². The van der Waals surface area contributed by atoms with Gasteiger partial charge in [-0.1, -0.05) is 6.07 Å². The van der Waals surface area contributed by atoms with Gasteiger partial charge in [-0.2, -0.15) is 0 Å². The number of hydrogen-bond acceptors (Lipinski definition) is 2. The Balaban J connectivity index is 1.77. The molecule has 3 rings (SSSR count). The maximum absolute atomic E-state index is 14.5. The van der Waals surface area contributed by atoms with Gasteiger partial charge in [-0.15, -0.1) is 0 Å². The lowest BCUT2D eigenvalue weighted by Crippen LogP contribution is -2.27. The number of aromatic amines is 1. The van der Waals surface area contributed by atoms with E-state index in [1.807, 2.05) is 19.0 Å². The molecule has 0 unspecified atom stereocenters. The summed E-state index contributed by atoms with van der Waals surface area (Å²) < 4.78 is 27.8. The second kappa shape index (κ2) is 7.66. The number of benzene rings is 2. The van der Waals surface area contributed by atoms with E-state index < -0.39 is 11.7 Å². The van der Waals surface area contributed by atoms with Crippen LogP contribution in [0.25, 0.3) is 22.0 Å². The first-order chi connectivity index (χ1) is 12.5. The first-order valence-electron chi connectivity index (χ1n) is 8.45. The summed E-state index contributed by atoms with van der Waals surface area (Å²) in [5.74, 6) is -1.34. The lowest BCUT2D eigenvalue weighted by molar-refractivity contribution is 0.0948. The minimum Gasteiger partial charge on any atom is -0.360 e. The zero-order chi connectivity index (χ0) is 18.7. The van der Waals surface area contributed by atoms with E-state index in [0.29, 0.717) is 17.6 Å². The molecule has 0 radical (unpaired) electrons. The van der Waals surface area contributed by atoms with E-state index in [1.54, 1.807) is 18.3 Å². The highest BCUT2D eigenvalue weighted by Gasteiger charge is 2.14. The third kappa shape index (κ3) is 3.91. The SMILES string of the molecule is CN(C)CCCNC(=O)c1ccc(-c2c[nH]c3cc(F)ccc23)cc1F. The summed E-state index contributed by atoms with van der Waals surface area (Å²) in [6.07, 6.45) is 2.50. The highest BCUT2D eigenvalue weighted by molar-refractivity contribution is 5.98. The largest absolute Gasteiger partial charge is 0.360 e. The van der Waals surface area contributed by atoms with Crippen LogP contribution in [0.5, 0.6) is 0 Å². The van der Waals surface area contributed by atoms with Crippen LogP contribution >= 0.6 is 0 Å². The van der Waals surface area contributed by atoms with Gasteiger partial charge in [-0.05, 0) is 63.0 Å². The van der Waals surface area contributed by atoms with Gasteiger partial charge in [0.1, 0.15) is 11.6 Å². The molecule has 6 heteroatoms. The quantitative estimate of drug-likeness (QED) is 0.660. The van der Waals surface area contributed by atoms with Crippen molar-refractivity contribution in [3.05, 3.63) is 59.8 Å². The molecular weight excluding hydrogens is 336 g/mol. The summed E-state index contributed by atoms with van der Waals surface area (Å²) in [6, 6.07) is 8.93. The molecule has 0 aliphatic carbocycles. The molecule has 3 aromatic rings. The zero-order valence-electron chi connectivity index (χ0n) is 14.8. The Labute approximate surface area is 150 Å². The van der Waals surface area contributed by atoms with Gasteiger partial charge in [0.25, 0.3) is 5.91 Å². The van der Waals surface area contributed by atoms with Crippen LogP contribution in [0, 0.1) is 11.6 Å². The predicted molar refractivity (Wildman–Crippen MR) is 99.2 cm³/mol. The standard InChI is InChI=1S/C20H21F2N3O/c1-25(2)9-3-8-23-20(26)16-6-4-13(10-18(16)22)17-12-24-19-11-14(21)5-7-15(17)19/h4-7,10-12,24H,3,8-9H2,1-2H3,(H,23,26). The molecule has 4 nitrogen and oxygen atoms in total. The molecule has 1 heterocycles. The minimum absolute atomic E-state index is 0.0180. The topological polar surface area (TPSA) is 48.1 Å². The third-order valence-electron chi connectivity index (χ3n) is 4.24. The molecule has 1 amide bonds. The van der Waals surface area contributed by atoms with Gasteiger partial charge >= 0.3 is 0 Å². The van der Waals surface area contributed by atoms with Gasteiger partial charge in [-0.3, -0.25) is 4.79 Å². The van der Waals surface area contributed by atoms with Gasteiger partial charge in [0, 0.05) is 29.2 Å². The van der Waals surface area contributed by atoms with E-state index in [0.717, 1.165) is 23.9 Å². The van der Waals surface area contributed by atoms with Crippen LogP contribution in [0.4, 0.5) is 8.78 Å². The van der Waals surface area contributed by atoms with Crippen molar-refractivity contribution in [2.75, 3.05) is 27.2 Å². The number of halogens is 2. The Bertz CT molecular complexity index is 934. The second-order valence-corrected chi connectivity index (χ2v) is 6.50. The Morgan fingerprint density at radius 1 is 1.15 bits per heavy atom. The summed E-state index contributed by atoms with van der Waals surface area (Å²) in [7, 11) is 3.92. The van der Waals surface area contributed by atoms with Crippen molar-refractivity contribution in [1.82, 2.24) is 15.2 Å². The Hall–Kier alpha value is -2.73. The van der Waals surface area contributed by atoms with Crippen molar-refractivity contribution in [2.45, 2.75) is 6.42 Å². The van der Waals surface area contributed by atoms with Gasteiger partial charge in [0.2, 0.25) is 0 Å². The highest BCUT2D eigenvalue weighted by Crippen LogP contribution is 2.30. The molecule has 0 bridgehead atoms. The van der Waals surface area contributed by atoms with Gasteiger partial charge in [0.15, 0.2) is 0 Å². The molecule has 0 saturated carbocycles. The molecule has 26 heavy (non-hydrogen) atoms. The summed E-state index contributed by atoms with van der Waals surface area (Å²) in [5, 5.41) is 3.53. The monoisotopic (exact) mass is 357 g/mol. The highest BCUT2D eigenvalue weighted by atomic mass is 19.1. The number of aromatic nitrogens is 1. The van der Waals surface area contributed by atoms with E-state index >= 15 is 0 Å². The lowest BCUT2D eigenvalue weighted by Gasteiger charge is -2.10. The van der Waals surface area contributed by atoms with E-state index in [9.17, 15) is 13.6 Å². The summed E-state index contributed by atoms with van der Waals surface area (Å²) >= 11 is 0. The number of rotatable bonds is 6. The van der Waals surface area contributed by atoms with Gasteiger partial charge in [-0.25, -0.2) is 8.78 Å². The molecule has 0 saturated heterocycles. The van der Waals surface area contributed by atoms with Crippen molar-refractivity contribution in [3.63, 3.8) is 0 Å². The van der Waals surface area contributed by atoms with E-state index in [2.05, 4.69) is 10.3 Å². The Kier molecular flexibility index (Phi) is 5.32. The van der Waals surface area contributed by atoms with Crippen LogP contribution in [0.2, 0.25) is 0 Å². The van der Waals surface area contributed by atoms with Crippen LogP contribution in [0.15, 0.2) is 42.6 Å². The number of nitrogens with one attached hydrogen (secondary N) is 2. The molecule has 2 N–H and O–H groups in total. The molecule has 0 spiro atoms. The first-order valence-corrected chi connectivity index (χ1v) is 8.45. The van der Waals surface area contributed by atoms with Crippen LogP contribution < -0.4 is 5.32 Å². The molecule has 2 aromatic carbocycles. The van der Waals surface area contributed by atoms with Gasteiger partial charge in [0.05, 0.1) is 5.56 Å². The fourth-order valence-corrected chi connectivity index (χ4v) is 2.90. The van der Waals surface area contributed by atoms with Crippen LogP contribution in [0.1, 0.15) is 16.8 Å².